The third-order valence-electron chi connectivity index (χ3n) is 2.64. The fourth-order valence-corrected chi connectivity index (χ4v) is 3.08. The Labute approximate surface area is 120 Å². The highest BCUT2D eigenvalue weighted by Gasteiger charge is 2.15. The maximum absolute atomic E-state index is 12.0. The molecule has 0 spiro atoms. The van der Waals surface area contributed by atoms with E-state index in [0.29, 0.717) is 13.1 Å². The average Bonchev–Trinajstić information content (AvgIpc) is 2.37. The number of anilines is 1. The number of sulfonamides is 1. The molecule has 0 atom stereocenters. The van der Waals surface area contributed by atoms with E-state index in [1.54, 1.807) is 30.9 Å². The first-order chi connectivity index (χ1) is 9.40. The van der Waals surface area contributed by atoms with Gasteiger partial charge in [0.25, 0.3) is 0 Å². The molecule has 0 amide bonds. The zero-order valence-electron chi connectivity index (χ0n) is 11.8. The first kappa shape index (κ1) is 16.9. The fraction of sp³-hybridized carbons (Fsp3) is 0.538. The molecule has 3 N–H and O–H groups in total. The van der Waals surface area contributed by atoms with Crippen LogP contribution in [0.3, 0.4) is 0 Å². The summed E-state index contributed by atoms with van der Waals surface area (Å²) in [6, 6.07) is 6.20. The van der Waals surface area contributed by atoms with Gasteiger partial charge in [-0.05, 0) is 38.1 Å². The highest BCUT2D eigenvalue weighted by atomic mass is 32.2. The van der Waals surface area contributed by atoms with Gasteiger partial charge >= 0.3 is 0 Å². The van der Waals surface area contributed by atoms with Gasteiger partial charge in [-0.3, -0.25) is 0 Å². The van der Waals surface area contributed by atoms with Crippen molar-refractivity contribution in [3.8, 4) is 0 Å². The molecular weight excluding hydrogens is 280 g/mol. The Morgan fingerprint density at radius 3 is 2.00 bits per heavy atom. The zero-order valence-corrected chi connectivity index (χ0v) is 12.6. The van der Waals surface area contributed by atoms with Crippen LogP contribution in [0.4, 0.5) is 5.69 Å². The van der Waals surface area contributed by atoms with E-state index in [4.69, 9.17) is 10.2 Å². The van der Waals surface area contributed by atoms with Gasteiger partial charge in [0.15, 0.2) is 0 Å². The molecule has 0 aliphatic rings. The second-order valence-electron chi connectivity index (χ2n) is 4.70. The minimum atomic E-state index is -3.49. The van der Waals surface area contributed by atoms with Crippen LogP contribution < -0.4 is 9.62 Å². The molecule has 0 radical (unpaired) electrons. The molecule has 0 fully saturated rings. The van der Waals surface area contributed by atoms with Crippen molar-refractivity contribution in [3.63, 3.8) is 0 Å². The Morgan fingerprint density at radius 1 is 1.10 bits per heavy atom. The Hall–Kier alpha value is -1.15. The first-order valence-electron chi connectivity index (χ1n) is 6.49. The van der Waals surface area contributed by atoms with Gasteiger partial charge in [-0.25, -0.2) is 13.1 Å². The molecule has 0 aromatic heterocycles. The van der Waals surface area contributed by atoms with Crippen LogP contribution >= 0.6 is 0 Å². The van der Waals surface area contributed by atoms with Crippen LogP contribution in [0.15, 0.2) is 29.2 Å². The van der Waals surface area contributed by atoms with E-state index >= 15 is 0 Å². The molecule has 0 aliphatic heterocycles. The third kappa shape index (κ3) is 4.75. The molecule has 7 heteroatoms. The summed E-state index contributed by atoms with van der Waals surface area (Å²) in [6.45, 7) is 4.23. The lowest BCUT2D eigenvalue weighted by Gasteiger charge is -2.23. The van der Waals surface area contributed by atoms with Gasteiger partial charge in [-0.2, -0.15) is 0 Å². The Morgan fingerprint density at radius 2 is 1.60 bits per heavy atom. The van der Waals surface area contributed by atoms with Crippen molar-refractivity contribution in [2.45, 2.75) is 24.8 Å². The second kappa shape index (κ2) is 7.58. The standard InChI is InChI=1S/C13H22N2O4S/c1-11(2)14-20(18,19)13-5-3-12(4-6-13)15(7-9-16)8-10-17/h3-6,11,14,16-17H,7-10H2,1-2H3. The molecule has 1 aromatic carbocycles. The summed E-state index contributed by atoms with van der Waals surface area (Å²) < 4.78 is 26.5. The molecule has 0 bridgehead atoms. The number of nitrogens with one attached hydrogen (secondary N) is 1. The number of nitrogens with zero attached hydrogens (tertiary/aromatic N) is 1. The molecule has 1 rings (SSSR count). The van der Waals surface area contributed by atoms with Gasteiger partial charge in [-0.1, -0.05) is 0 Å². The van der Waals surface area contributed by atoms with Crippen molar-refractivity contribution < 1.29 is 18.6 Å². The molecule has 114 valence electrons. The van der Waals surface area contributed by atoms with Crippen molar-refractivity contribution in [2.24, 2.45) is 0 Å². The Balaban J connectivity index is 2.92. The van der Waals surface area contributed by atoms with Crippen molar-refractivity contribution in [2.75, 3.05) is 31.2 Å². The number of hydrogen-bond donors (Lipinski definition) is 3. The smallest absolute Gasteiger partial charge is 0.240 e. The zero-order chi connectivity index (χ0) is 15.2. The molecule has 20 heavy (non-hydrogen) atoms. The second-order valence-corrected chi connectivity index (χ2v) is 6.42. The Bertz CT molecular complexity index is 494. The molecule has 0 saturated heterocycles. The van der Waals surface area contributed by atoms with E-state index in [1.807, 2.05) is 0 Å². The van der Waals surface area contributed by atoms with E-state index < -0.39 is 10.0 Å². The van der Waals surface area contributed by atoms with Gasteiger partial charge in [0.2, 0.25) is 10.0 Å². The molecule has 6 nitrogen and oxygen atoms in total. The summed E-state index contributed by atoms with van der Waals surface area (Å²) in [5.74, 6) is 0. The van der Waals surface area contributed by atoms with Gasteiger partial charge < -0.3 is 15.1 Å². The lowest BCUT2D eigenvalue weighted by atomic mass is 10.3. The first-order valence-corrected chi connectivity index (χ1v) is 7.98. The highest BCUT2D eigenvalue weighted by molar-refractivity contribution is 7.89. The quantitative estimate of drug-likeness (QED) is 0.637. The van der Waals surface area contributed by atoms with Crippen LogP contribution in [-0.4, -0.2) is 51.0 Å². The van der Waals surface area contributed by atoms with Gasteiger partial charge in [0.05, 0.1) is 18.1 Å². The number of benzene rings is 1. The number of rotatable bonds is 8. The molecule has 0 saturated carbocycles. The lowest BCUT2D eigenvalue weighted by molar-refractivity contribution is 0.281. The monoisotopic (exact) mass is 302 g/mol. The highest BCUT2D eigenvalue weighted by Crippen LogP contribution is 2.18. The summed E-state index contributed by atoms with van der Waals surface area (Å²) in [7, 11) is -3.49. The predicted molar refractivity (Wildman–Crippen MR) is 78.3 cm³/mol. The van der Waals surface area contributed by atoms with E-state index in [9.17, 15) is 8.42 Å². The van der Waals surface area contributed by atoms with Gasteiger partial charge in [0, 0.05) is 24.8 Å². The minimum Gasteiger partial charge on any atom is -0.395 e. The SMILES string of the molecule is CC(C)NS(=O)(=O)c1ccc(N(CCO)CCO)cc1. The van der Waals surface area contributed by atoms with E-state index in [-0.39, 0.29) is 24.2 Å². The van der Waals surface area contributed by atoms with E-state index in [2.05, 4.69) is 4.72 Å². The normalized spacial score (nSPS) is 11.8. The summed E-state index contributed by atoms with van der Waals surface area (Å²) in [5.41, 5.74) is 0.761. The van der Waals surface area contributed by atoms with Crippen LogP contribution in [0.25, 0.3) is 0 Å². The largest absolute Gasteiger partial charge is 0.395 e. The maximum Gasteiger partial charge on any atom is 0.240 e. The van der Waals surface area contributed by atoms with Crippen LogP contribution in [0.2, 0.25) is 0 Å². The predicted octanol–water partition coefficient (Wildman–Crippen LogP) is 0.164. The Kier molecular flexibility index (Phi) is 6.41. The number of hydrogen-bond acceptors (Lipinski definition) is 5. The summed E-state index contributed by atoms with van der Waals surface area (Å²) >= 11 is 0. The topological polar surface area (TPSA) is 89.9 Å². The molecule has 1 aromatic rings. The molecule has 0 aliphatic carbocycles. The van der Waals surface area contributed by atoms with Crippen molar-refractivity contribution >= 4 is 15.7 Å². The summed E-state index contributed by atoms with van der Waals surface area (Å²) in [6.07, 6.45) is 0. The summed E-state index contributed by atoms with van der Waals surface area (Å²) in [4.78, 5) is 1.98. The average molecular weight is 302 g/mol. The van der Waals surface area contributed by atoms with Crippen LogP contribution in [-0.2, 0) is 10.0 Å². The van der Waals surface area contributed by atoms with Crippen LogP contribution in [0, 0.1) is 0 Å². The molecular formula is C13H22N2O4S. The summed E-state index contributed by atoms with van der Waals surface area (Å²) in [5, 5.41) is 18.0. The number of aliphatic hydroxyl groups excluding tert-OH is 2. The van der Waals surface area contributed by atoms with E-state index in [1.165, 1.54) is 12.1 Å². The molecule has 0 heterocycles. The number of aliphatic hydroxyl groups is 2. The molecule has 0 unspecified atom stereocenters. The van der Waals surface area contributed by atoms with Crippen LogP contribution in [0.1, 0.15) is 13.8 Å². The van der Waals surface area contributed by atoms with Gasteiger partial charge in [-0.15, -0.1) is 0 Å². The van der Waals surface area contributed by atoms with Crippen molar-refractivity contribution in [3.05, 3.63) is 24.3 Å². The maximum atomic E-state index is 12.0. The van der Waals surface area contributed by atoms with Gasteiger partial charge in [0.1, 0.15) is 0 Å². The fourth-order valence-electron chi connectivity index (χ4n) is 1.83. The van der Waals surface area contributed by atoms with Crippen molar-refractivity contribution in [1.29, 1.82) is 0 Å². The van der Waals surface area contributed by atoms with Crippen LogP contribution in [0.5, 0.6) is 0 Å². The third-order valence-corrected chi connectivity index (χ3v) is 4.32. The van der Waals surface area contributed by atoms with Crippen molar-refractivity contribution in [1.82, 2.24) is 4.72 Å². The minimum absolute atomic E-state index is 0.0328. The lowest BCUT2D eigenvalue weighted by Crippen LogP contribution is -2.31. The van der Waals surface area contributed by atoms with E-state index in [0.717, 1.165) is 5.69 Å².